The first kappa shape index (κ1) is 26.5. The van der Waals surface area contributed by atoms with Crippen LogP contribution in [0.4, 0.5) is 10.1 Å². The zero-order valence-corrected chi connectivity index (χ0v) is 22.4. The lowest BCUT2D eigenvalue weighted by atomic mass is 9.92. The topological polar surface area (TPSA) is 90.6 Å². The van der Waals surface area contributed by atoms with E-state index < -0.39 is 22.5 Å². The van der Waals surface area contributed by atoms with E-state index in [4.69, 9.17) is 16.7 Å². The maximum absolute atomic E-state index is 14.9. The summed E-state index contributed by atoms with van der Waals surface area (Å²) in [4.78, 5) is 13.0. The summed E-state index contributed by atoms with van der Waals surface area (Å²) < 4.78 is 38.3. The minimum Gasteiger partial charge on any atom is -0.350 e. The lowest BCUT2D eigenvalue weighted by Crippen LogP contribution is -2.28. The van der Waals surface area contributed by atoms with Gasteiger partial charge in [0.15, 0.2) is 0 Å². The monoisotopic (exact) mass is 534 g/mol. The zero-order chi connectivity index (χ0) is 26.3. The van der Waals surface area contributed by atoms with Crippen LogP contribution in [0, 0.1) is 5.82 Å². The van der Waals surface area contributed by atoms with Crippen LogP contribution in [-0.4, -0.2) is 37.1 Å². The molecule has 1 fully saturated rings. The maximum atomic E-state index is 14.9. The van der Waals surface area contributed by atoms with Crippen molar-refractivity contribution >= 4 is 34.0 Å². The number of nitrogens with zero attached hydrogens (tertiary/aromatic N) is 3. The standard InChI is InChI=1S/C26H32ClFN4O3S/c1-17(18-9-10-23(22(28)13-18)31-11-6-12-36(31,34)35)25(33)29-16-21-15-24(26(2,3)4)30-32(21)20-8-5-7-19(27)14-20/h5,7-10,13-15,17,34-35H,6,11-12,16H2,1-4H3,(H,29,33). The smallest absolute Gasteiger partial charge is 0.227 e. The zero-order valence-electron chi connectivity index (χ0n) is 20.8. The number of amides is 1. The fourth-order valence-electron chi connectivity index (χ4n) is 4.16. The van der Waals surface area contributed by atoms with Gasteiger partial charge in [-0.25, -0.2) is 9.07 Å². The molecule has 1 aliphatic heterocycles. The van der Waals surface area contributed by atoms with Gasteiger partial charge in [-0.05, 0) is 55.3 Å². The molecule has 0 radical (unpaired) electrons. The summed E-state index contributed by atoms with van der Waals surface area (Å²) in [5, 5.41) is 8.29. The third kappa shape index (κ3) is 5.54. The molecule has 36 heavy (non-hydrogen) atoms. The molecule has 3 N–H and O–H groups in total. The summed E-state index contributed by atoms with van der Waals surface area (Å²) >= 11 is 6.19. The van der Waals surface area contributed by atoms with E-state index in [0.29, 0.717) is 23.6 Å². The lowest BCUT2D eigenvalue weighted by Gasteiger charge is -2.38. The van der Waals surface area contributed by atoms with E-state index in [1.165, 1.54) is 16.4 Å². The van der Waals surface area contributed by atoms with E-state index in [2.05, 4.69) is 26.1 Å². The van der Waals surface area contributed by atoms with Crippen molar-refractivity contribution in [2.45, 2.75) is 52.0 Å². The summed E-state index contributed by atoms with van der Waals surface area (Å²) in [6, 6.07) is 13.8. The Kier molecular flexibility index (Phi) is 7.39. The first-order valence-electron chi connectivity index (χ1n) is 11.8. The molecule has 3 aromatic rings. The van der Waals surface area contributed by atoms with Crippen molar-refractivity contribution in [2.75, 3.05) is 16.6 Å². The van der Waals surface area contributed by atoms with Gasteiger partial charge in [-0.2, -0.15) is 5.10 Å². The fraction of sp³-hybridized carbons (Fsp3) is 0.385. The summed E-state index contributed by atoms with van der Waals surface area (Å²) in [7, 11) is -2.99. The first-order chi connectivity index (χ1) is 16.9. The number of carbonyl (C=O) groups excluding carboxylic acids is 1. The highest BCUT2D eigenvalue weighted by Crippen LogP contribution is 2.51. The molecule has 7 nitrogen and oxygen atoms in total. The molecule has 4 rings (SSSR count). The highest BCUT2D eigenvalue weighted by molar-refractivity contribution is 8.25. The number of anilines is 1. The van der Waals surface area contributed by atoms with Crippen LogP contribution < -0.4 is 9.62 Å². The number of hydrogen-bond donors (Lipinski definition) is 3. The average Bonchev–Trinajstić information content (AvgIpc) is 3.40. The molecule has 1 amide bonds. The lowest BCUT2D eigenvalue weighted by molar-refractivity contribution is -0.122. The van der Waals surface area contributed by atoms with Crippen LogP contribution in [-0.2, 0) is 16.8 Å². The van der Waals surface area contributed by atoms with Gasteiger partial charge >= 0.3 is 0 Å². The second kappa shape index (κ2) is 10.0. The summed E-state index contributed by atoms with van der Waals surface area (Å²) in [6.07, 6.45) is 0.588. The molecule has 1 saturated heterocycles. The van der Waals surface area contributed by atoms with E-state index in [1.807, 2.05) is 24.3 Å². The van der Waals surface area contributed by atoms with Crippen LogP contribution in [0.5, 0.6) is 0 Å². The molecule has 0 aliphatic carbocycles. The predicted octanol–water partition coefficient (Wildman–Crippen LogP) is 6.26. The van der Waals surface area contributed by atoms with Crippen LogP contribution >= 0.6 is 22.4 Å². The van der Waals surface area contributed by atoms with E-state index in [9.17, 15) is 18.3 Å². The predicted molar refractivity (Wildman–Crippen MR) is 144 cm³/mol. The number of aromatic nitrogens is 2. The van der Waals surface area contributed by atoms with E-state index in [0.717, 1.165) is 17.1 Å². The Morgan fingerprint density at radius 3 is 2.58 bits per heavy atom. The van der Waals surface area contributed by atoms with Crippen LogP contribution in [0.3, 0.4) is 0 Å². The van der Waals surface area contributed by atoms with Crippen LogP contribution in [0.15, 0.2) is 48.5 Å². The van der Waals surface area contributed by atoms with Gasteiger partial charge in [0, 0.05) is 17.0 Å². The van der Waals surface area contributed by atoms with Gasteiger partial charge in [-0.3, -0.25) is 18.2 Å². The van der Waals surface area contributed by atoms with Crippen molar-refractivity contribution < 1.29 is 18.3 Å². The van der Waals surface area contributed by atoms with Crippen LogP contribution in [0.1, 0.15) is 57.0 Å². The van der Waals surface area contributed by atoms with Crippen molar-refractivity contribution in [3.8, 4) is 5.69 Å². The number of rotatable bonds is 6. The van der Waals surface area contributed by atoms with Crippen molar-refractivity contribution in [1.82, 2.24) is 15.1 Å². The Hall–Kier alpha value is -2.59. The molecule has 1 unspecified atom stereocenters. The summed E-state index contributed by atoms with van der Waals surface area (Å²) in [5.74, 6) is -1.22. The first-order valence-corrected chi connectivity index (χ1v) is 13.9. The second-order valence-corrected chi connectivity index (χ2v) is 12.7. The van der Waals surface area contributed by atoms with Crippen molar-refractivity contribution in [2.24, 2.45) is 0 Å². The number of benzene rings is 2. The maximum Gasteiger partial charge on any atom is 0.227 e. The molecule has 194 valence electrons. The van der Waals surface area contributed by atoms with Crippen LogP contribution in [0.2, 0.25) is 5.02 Å². The molecule has 10 heteroatoms. The third-order valence-corrected chi connectivity index (χ3v) is 8.47. The van der Waals surface area contributed by atoms with Crippen molar-refractivity contribution in [3.63, 3.8) is 0 Å². The number of nitrogens with one attached hydrogen (secondary N) is 1. The van der Waals surface area contributed by atoms with Gasteiger partial charge in [-0.15, -0.1) is 10.8 Å². The number of carbonyl (C=O) groups is 1. The molecule has 2 aromatic carbocycles. The van der Waals surface area contributed by atoms with Gasteiger partial charge in [0.2, 0.25) is 5.91 Å². The number of halogens is 2. The highest BCUT2D eigenvalue weighted by Gasteiger charge is 2.31. The Labute approximate surface area is 217 Å². The quantitative estimate of drug-likeness (QED) is 0.347. The van der Waals surface area contributed by atoms with Crippen molar-refractivity contribution in [1.29, 1.82) is 0 Å². The minimum absolute atomic E-state index is 0.143. The average molecular weight is 535 g/mol. The van der Waals surface area contributed by atoms with Gasteiger partial charge in [-0.1, -0.05) is 44.5 Å². The molecular weight excluding hydrogens is 503 g/mol. The Morgan fingerprint density at radius 2 is 1.97 bits per heavy atom. The van der Waals surface area contributed by atoms with Gasteiger partial charge in [0.05, 0.1) is 41.0 Å². The molecule has 1 aromatic heterocycles. The Morgan fingerprint density at radius 1 is 1.22 bits per heavy atom. The molecule has 0 spiro atoms. The molecule has 2 heterocycles. The minimum atomic E-state index is -2.99. The molecule has 0 bridgehead atoms. The van der Waals surface area contributed by atoms with Crippen molar-refractivity contribution in [3.05, 3.63) is 76.3 Å². The molecule has 1 atom stereocenters. The highest BCUT2D eigenvalue weighted by atomic mass is 35.5. The summed E-state index contributed by atoms with van der Waals surface area (Å²) in [5.41, 5.74) is 2.93. The number of hydrogen-bond acceptors (Lipinski definition) is 5. The van der Waals surface area contributed by atoms with E-state index in [-0.39, 0.29) is 29.3 Å². The van der Waals surface area contributed by atoms with E-state index in [1.54, 1.807) is 23.7 Å². The third-order valence-electron chi connectivity index (χ3n) is 6.31. The van der Waals surface area contributed by atoms with Gasteiger partial charge in [0.1, 0.15) is 5.82 Å². The fourth-order valence-corrected chi connectivity index (χ4v) is 5.96. The molecule has 1 aliphatic rings. The molecular formula is C26H32ClFN4O3S. The Balaban J connectivity index is 1.51. The summed E-state index contributed by atoms with van der Waals surface area (Å²) in [6.45, 7) is 8.53. The molecule has 0 saturated carbocycles. The van der Waals surface area contributed by atoms with E-state index >= 15 is 0 Å². The van der Waals surface area contributed by atoms with Gasteiger partial charge in [0.25, 0.3) is 0 Å². The second-order valence-electron chi connectivity index (χ2n) is 10.1. The van der Waals surface area contributed by atoms with Gasteiger partial charge < -0.3 is 5.32 Å². The van der Waals surface area contributed by atoms with Crippen LogP contribution in [0.25, 0.3) is 5.69 Å². The Bertz CT molecular complexity index is 1270. The SMILES string of the molecule is CC(C(=O)NCc1cc(C(C)(C)C)nn1-c1cccc(Cl)c1)c1ccc(N2CCCS2(O)O)c(F)c1. The normalized spacial score (nSPS) is 17.2. The largest absolute Gasteiger partial charge is 0.350 e.